The van der Waals surface area contributed by atoms with Gasteiger partial charge < -0.3 is 5.32 Å². The molecular formula is C19H20ClFN2O3S. The van der Waals surface area contributed by atoms with Crippen LogP contribution in [0.1, 0.15) is 18.4 Å². The standard InChI is InChI=1S/C19H20ClFN2O3S/c20-17-11-16(8-9-18(17)21)22-19(24)15-7-4-10-23(12-15)27(25,26)13-14-5-2-1-3-6-14/h1-3,5-6,8-9,11,15H,4,7,10,12-13H2,(H,22,24)/t15-/m1/s1. The number of hydrogen-bond donors (Lipinski definition) is 1. The van der Waals surface area contributed by atoms with Gasteiger partial charge in [0.05, 0.1) is 16.7 Å². The van der Waals surface area contributed by atoms with Crippen LogP contribution in [0.15, 0.2) is 48.5 Å². The topological polar surface area (TPSA) is 66.5 Å². The summed E-state index contributed by atoms with van der Waals surface area (Å²) < 4.78 is 40.0. The molecule has 144 valence electrons. The van der Waals surface area contributed by atoms with E-state index in [-0.39, 0.29) is 23.2 Å². The molecule has 1 aliphatic rings. The van der Waals surface area contributed by atoms with Crippen molar-refractivity contribution in [1.82, 2.24) is 4.31 Å². The summed E-state index contributed by atoms with van der Waals surface area (Å²) in [5.74, 6) is -1.41. The Bertz CT molecular complexity index is 922. The monoisotopic (exact) mass is 410 g/mol. The highest BCUT2D eigenvalue weighted by atomic mass is 35.5. The molecule has 0 saturated carbocycles. The molecular weight excluding hydrogens is 391 g/mol. The summed E-state index contributed by atoms with van der Waals surface area (Å²) in [5.41, 5.74) is 1.10. The van der Waals surface area contributed by atoms with E-state index in [1.807, 2.05) is 6.07 Å². The van der Waals surface area contributed by atoms with Crippen LogP contribution in [-0.2, 0) is 20.6 Å². The number of piperidine rings is 1. The molecule has 8 heteroatoms. The first-order valence-electron chi connectivity index (χ1n) is 8.63. The van der Waals surface area contributed by atoms with Gasteiger partial charge in [0.1, 0.15) is 5.82 Å². The van der Waals surface area contributed by atoms with Crippen molar-refractivity contribution in [3.63, 3.8) is 0 Å². The average Bonchev–Trinajstić information content (AvgIpc) is 2.65. The molecule has 1 aliphatic heterocycles. The minimum atomic E-state index is -3.51. The predicted molar refractivity (Wildman–Crippen MR) is 103 cm³/mol. The van der Waals surface area contributed by atoms with Crippen LogP contribution in [0.25, 0.3) is 0 Å². The van der Waals surface area contributed by atoms with Gasteiger partial charge in [-0.15, -0.1) is 0 Å². The van der Waals surface area contributed by atoms with Crippen LogP contribution in [0.4, 0.5) is 10.1 Å². The van der Waals surface area contributed by atoms with Crippen LogP contribution >= 0.6 is 11.6 Å². The van der Waals surface area contributed by atoms with Crippen LogP contribution in [0.2, 0.25) is 5.02 Å². The Hall–Kier alpha value is -1.96. The summed E-state index contributed by atoms with van der Waals surface area (Å²) in [4.78, 5) is 12.5. The van der Waals surface area contributed by atoms with Crippen LogP contribution in [0.5, 0.6) is 0 Å². The molecule has 1 fully saturated rings. The Morgan fingerprint density at radius 3 is 2.67 bits per heavy atom. The first kappa shape index (κ1) is 19.8. The molecule has 2 aromatic carbocycles. The molecule has 27 heavy (non-hydrogen) atoms. The number of nitrogens with zero attached hydrogens (tertiary/aromatic N) is 1. The normalized spacial score (nSPS) is 18.2. The van der Waals surface area contributed by atoms with E-state index in [0.717, 1.165) is 0 Å². The zero-order chi connectivity index (χ0) is 19.4. The van der Waals surface area contributed by atoms with E-state index >= 15 is 0 Å². The van der Waals surface area contributed by atoms with Gasteiger partial charge in [0.25, 0.3) is 0 Å². The molecule has 1 N–H and O–H groups in total. The number of carbonyl (C=O) groups excluding carboxylic acids is 1. The van der Waals surface area contributed by atoms with Crippen LogP contribution < -0.4 is 5.32 Å². The molecule has 3 rings (SSSR count). The fourth-order valence-corrected chi connectivity index (χ4v) is 4.89. The van der Waals surface area contributed by atoms with Gasteiger partial charge in [-0.1, -0.05) is 41.9 Å². The maximum Gasteiger partial charge on any atom is 0.228 e. The third-order valence-corrected chi connectivity index (χ3v) is 6.63. The lowest BCUT2D eigenvalue weighted by atomic mass is 9.99. The Balaban J connectivity index is 1.66. The highest BCUT2D eigenvalue weighted by molar-refractivity contribution is 7.88. The van der Waals surface area contributed by atoms with Crippen molar-refractivity contribution in [1.29, 1.82) is 0 Å². The summed E-state index contributed by atoms with van der Waals surface area (Å²) in [6.07, 6.45) is 1.20. The Morgan fingerprint density at radius 2 is 1.96 bits per heavy atom. The van der Waals surface area contributed by atoms with E-state index in [9.17, 15) is 17.6 Å². The van der Waals surface area contributed by atoms with Crippen LogP contribution in [0, 0.1) is 11.7 Å². The zero-order valence-electron chi connectivity index (χ0n) is 14.6. The maximum atomic E-state index is 13.2. The minimum Gasteiger partial charge on any atom is -0.326 e. The van der Waals surface area contributed by atoms with Crippen LogP contribution in [-0.4, -0.2) is 31.7 Å². The summed E-state index contributed by atoms with van der Waals surface area (Å²) >= 11 is 5.73. The van der Waals surface area contributed by atoms with E-state index in [1.54, 1.807) is 24.3 Å². The van der Waals surface area contributed by atoms with Crippen molar-refractivity contribution >= 4 is 33.2 Å². The molecule has 0 aromatic heterocycles. The van der Waals surface area contributed by atoms with Gasteiger partial charge in [-0.05, 0) is 36.6 Å². The Kier molecular flexibility index (Phi) is 6.14. The van der Waals surface area contributed by atoms with Crippen molar-refractivity contribution in [3.05, 3.63) is 64.9 Å². The lowest BCUT2D eigenvalue weighted by Crippen LogP contribution is -2.44. The van der Waals surface area contributed by atoms with Gasteiger partial charge in [0.15, 0.2) is 0 Å². The molecule has 5 nitrogen and oxygen atoms in total. The molecule has 0 aliphatic carbocycles. The third kappa shape index (κ3) is 5.06. The summed E-state index contributed by atoms with van der Waals surface area (Å²) in [5, 5.41) is 2.61. The lowest BCUT2D eigenvalue weighted by molar-refractivity contribution is -0.120. The molecule has 1 amide bonds. The number of amides is 1. The molecule has 1 atom stereocenters. The fourth-order valence-electron chi connectivity index (χ4n) is 3.10. The van der Waals surface area contributed by atoms with E-state index in [0.29, 0.717) is 30.6 Å². The van der Waals surface area contributed by atoms with Gasteiger partial charge in [-0.25, -0.2) is 17.1 Å². The van der Waals surface area contributed by atoms with Crippen LogP contribution in [0.3, 0.4) is 0 Å². The molecule has 2 aromatic rings. The van der Waals surface area contributed by atoms with E-state index in [1.165, 1.54) is 22.5 Å². The van der Waals surface area contributed by atoms with Gasteiger partial charge in [0.2, 0.25) is 15.9 Å². The SMILES string of the molecule is O=C(Nc1ccc(F)c(Cl)c1)[C@@H]1CCCN(S(=O)(=O)Cc2ccccc2)C1. The lowest BCUT2D eigenvalue weighted by Gasteiger charge is -2.31. The molecule has 0 radical (unpaired) electrons. The molecule has 0 unspecified atom stereocenters. The van der Waals surface area contributed by atoms with Gasteiger partial charge in [0, 0.05) is 18.8 Å². The second-order valence-corrected chi connectivity index (χ2v) is 8.93. The highest BCUT2D eigenvalue weighted by Crippen LogP contribution is 2.24. The molecule has 1 saturated heterocycles. The van der Waals surface area contributed by atoms with E-state index in [2.05, 4.69) is 5.32 Å². The summed E-state index contributed by atoms with van der Waals surface area (Å²) in [6, 6.07) is 12.9. The maximum absolute atomic E-state index is 13.2. The average molecular weight is 411 g/mol. The number of rotatable bonds is 5. The Morgan fingerprint density at radius 1 is 1.22 bits per heavy atom. The number of anilines is 1. The number of sulfonamides is 1. The second kappa shape index (κ2) is 8.37. The first-order valence-corrected chi connectivity index (χ1v) is 10.6. The first-order chi connectivity index (χ1) is 12.8. The number of hydrogen-bond acceptors (Lipinski definition) is 3. The fraction of sp³-hybridized carbons (Fsp3) is 0.316. The largest absolute Gasteiger partial charge is 0.326 e. The number of halogens is 2. The van der Waals surface area contributed by atoms with Gasteiger partial charge >= 0.3 is 0 Å². The number of benzene rings is 2. The molecule has 1 heterocycles. The third-order valence-electron chi connectivity index (χ3n) is 4.53. The van der Waals surface area contributed by atoms with Crippen molar-refractivity contribution < 1.29 is 17.6 Å². The summed E-state index contributed by atoms with van der Waals surface area (Å²) in [6.45, 7) is 0.539. The van der Waals surface area contributed by atoms with Crippen molar-refractivity contribution in [2.45, 2.75) is 18.6 Å². The molecule has 0 bridgehead atoms. The number of carbonyl (C=O) groups is 1. The predicted octanol–water partition coefficient (Wildman–Crippen LogP) is 3.66. The highest BCUT2D eigenvalue weighted by Gasteiger charge is 2.32. The quantitative estimate of drug-likeness (QED) is 0.818. The second-order valence-electron chi connectivity index (χ2n) is 6.56. The van der Waals surface area contributed by atoms with Crippen molar-refractivity contribution in [3.8, 4) is 0 Å². The Labute approximate surface area is 163 Å². The van der Waals surface area contributed by atoms with Gasteiger partial charge in [-0.2, -0.15) is 0 Å². The summed E-state index contributed by atoms with van der Waals surface area (Å²) in [7, 11) is -3.51. The van der Waals surface area contributed by atoms with Crippen molar-refractivity contribution in [2.24, 2.45) is 5.92 Å². The van der Waals surface area contributed by atoms with Crippen molar-refractivity contribution in [2.75, 3.05) is 18.4 Å². The van der Waals surface area contributed by atoms with Gasteiger partial charge in [-0.3, -0.25) is 4.79 Å². The van der Waals surface area contributed by atoms with E-state index in [4.69, 9.17) is 11.6 Å². The minimum absolute atomic E-state index is 0.0801. The smallest absolute Gasteiger partial charge is 0.228 e. The zero-order valence-corrected chi connectivity index (χ0v) is 16.1. The molecule has 0 spiro atoms. The number of nitrogens with one attached hydrogen (secondary N) is 1. The van der Waals surface area contributed by atoms with E-state index < -0.39 is 21.8 Å².